The molecule has 98 heavy (non-hydrogen) atoms. The number of carbonyl (C=O) groups excluding carboxylic acids is 1. The van der Waals surface area contributed by atoms with Gasteiger partial charge in [0.2, 0.25) is 19.0 Å². The molecule has 0 spiro atoms. The number of aliphatic carboxylic acids is 2. The molecule has 4 atom stereocenters. The summed E-state index contributed by atoms with van der Waals surface area (Å²) in [5.74, 6) is 0.179. The van der Waals surface area contributed by atoms with Gasteiger partial charge in [-0.25, -0.2) is 22.7 Å². The molecule has 25 heteroatoms. The number of aliphatic hydroxyl groups excluding tert-OH is 2. The van der Waals surface area contributed by atoms with Gasteiger partial charge in [-0.1, -0.05) is 94.8 Å². The van der Waals surface area contributed by atoms with Crippen LogP contribution in [0.5, 0.6) is 12.0 Å². The molecule has 516 valence electrons. The smallest absolute Gasteiger partial charge is 0.870 e. The van der Waals surface area contributed by atoms with Gasteiger partial charge in [-0.05, 0) is 126 Å². The van der Waals surface area contributed by atoms with Gasteiger partial charge >= 0.3 is 75.3 Å². The number of allylic oxidation sites excluding steroid dienone is 1. The van der Waals surface area contributed by atoms with Gasteiger partial charge in [0.05, 0.1) is 37.7 Å². The maximum atomic E-state index is 12.8. The number of rotatable bonds is 18. The minimum Gasteiger partial charge on any atom is -0.870 e. The first-order valence-corrected chi connectivity index (χ1v) is 34.4. The van der Waals surface area contributed by atoms with Gasteiger partial charge in [0.15, 0.2) is 0 Å². The summed E-state index contributed by atoms with van der Waals surface area (Å²) in [7, 11) is 4.31. The number of fused-ring (bicyclic) bond motifs is 4. The van der Waals surface area contributed by atoms with Crippen LogP contribution in [0.15, 0.2) is 109 Å². The van der Waals surface area contributed by atoms with Crippen molar-refractivity contribution in [1.29, 1.82) is 0 Å². The van der Waals surface area contributed by atoms with E-state index in [1.54, 1.807) is 4.90 Å². The number of hydrogen-bond acceptors (Lipinski definition) is 18. The number of anilines is 4. The largest absolute Gasteiger partial charge is 1.00 e. The van der Waals surface area contributed by atoms with Crippen molar-refractivity contribution in [2.24, 2.45) is 5.92 Å². The normalized spacial score (nSPS) is 19.2. The fraction of sp³-hybridized carbons (Fsp3) is 0.466. The van der Waals surface area contributed by atoms with Crippen LogP contribution in [0, 0.1) is 32.9 Å². The van der Waals surface area contributed by atoms with Crippen LogP contribution >= 0.6 is 15.9 Å². The minimum absolute atomic E-state index is 0. The van der Waals surface area contributed by atoms with Gasteiger partial charge in [-0.3, -0.25) is 4.79 Å². The predicted molar refractivity (Wildman–Crippen MR) is 381 cm³/mol. The average molecular weight is 1430 g/mol. The number of aromatic nitrogens is 4. The van der Waals surface area contributed by atoms with Gasteiger partial charge in [0.25, 0.3) is 0 Å². The molecule has 5 N–H and O–H groups in total. The van der Waals surface area contributed by atoms with Crippen molar-refractivity contribution in [2.75, 3.05) is 137 Å². The molecule has 23 nitrogen and oxygen atoms in total. The molecule has 0 saturated carbocycles. The van der Waals surface area contributed by atoms with Crippen LogP contribution in [-0.2, 0) is 40.3 Å². The number of piperidine rings is 1. The second kappa shape index (κ2) is 39.0. The zero-order valence-electron chi connectivity index (χ0n) is 57.1. The van der Waals surface area contributed by atoms with Crippen LogP contribution in [0.1, 0.15) is 72.2 Å². The number of carboxylic acid groups (broad SMARTS) is 2. The predicted octanol–water partition coefficient (Wildman–Crippen LogP) is 6.04. The van der Waals surface area contributed by atoms with E-state index in [0.717, 1.165) is 131 Å². The second-order valence-electron chi connectivity index (χ2n) is 25.1. The zero-order valence-corrected chi connectivity index (χ0v) is 61.8. The van der Waals surface area contributed by atoms with E-state index in [-0.39, 0.29) is 88.6 Å². The molecule has 6 aliphatic rings. The van der Waals surface area contributed by atoms with E-state index in [0.29, 0.717) is 81.3 Å². The van der Waals surface area contributed by atoms with Gasteiger partial charge in [-0.15, -0.1) is 0 Å². The molecule has 0 radical (unpaired) electrons. The number of aryl methyl sites for hydroxylation is 2. The van der Waals surface area contributed by atoms with Crippen molar-refractivity contribution in [3.63, 3.8) is 0 Å². The fourth-order valence-electron chi connectivity index (χ4n) is 13.8. The molecule has 8 heterocycles. The number of nitrogens with zero attached hydrogens (tertiary/aromatic N) is 13. The van der Waals surface area contributed by atoms with Crippen LogP contribution in [0.3, 0.4) is 0 Å². The summed E-state index contributed by atoms with van der Waals surface area (Å²) in [5.41, 5.74) is 9.46. The summed E-state index contributed by atoms with van der Waals surface area (Å²) >= 11 is 3.03. The molecule has 0 aliphatic carbocycles. The van der Waals surface area contributed by atoms with Gasteiger partial charge < -0.3 is 79.4 Å². The van der Waals surface area contributed by atoms with E-state index in [2.05, 4.69) is 156 Å². The van der Waals surface area contributed by atoms with Crippen molar-refractivity contribution in [3.8, 4) is 12.0 Å². The van der Waals surface area contributed by atoms with Crippen LogP contribution < -0.4 is 80.5 Å². The molecule has 1 amide bonds. The number of hydrogen-bond donors (Lipinski definition) is 4. The third-order valence-corrected chi connectivity index (χ3v) is 19.1. The molecular weight excluding hydrogens is 1340 g/mol. The molecule has 4 saturated heterocycles. The van der Waals surface area contributed by atoms with E-state index in [1.807, 2.05) is 0 Å². The Bertz CT molecular complexity index is 3810. The first-order valence-electron chi connectivity index (χ1n) is 33.2. The van der Waals surface area contributed by atoms with Crippen molar-refractivity contribution in [1.82, 2.24) is 34.6 Å². The Labute approximate surface area is 626 Å². The number of likely N-dealkylation sites (N-methyl/N-ethyl adjacent to an activating group) is 2. The van der Waals surface area contributed by atoms with E-state index in [4.69, 9.17) is 63.0 Å². The first kappa shape index (κ1) is 78.2. The Hall–Kier alpha value is -7.11. The average Bonchev–Trinajstić information content (AvgIpc) is 0.871. The first-order chi connectivity index (χ1) is 46.6. The molecule has 4 fully saturated rings. The van der Waals surface area contributed by atoms with E-state index >= 15 is 0 Å². The van der Waals surface area contributed by atoms with Crippen LogP contribution in [-0.4, -0.2) is 214 Å². The molecule has 0 bridgehead atoms. The Morgan fingerprint density at radius 3 is 1.49 bits per heavy atom. The summed E-state index contributed by atoms with van der Waals surface area (Å²) in [6.07, 6.45) is 16.0. The number of likely N-dealkylation sites (tertiary alicyclic amines) is 2. The minimum atomic E-state index is -1.03. The third kappa shape index (κ3) is 20.8. The van der Waals surface area contributed by atoms with E-state index < -0.39 is 11.9 Å². The van der Waals surface area contributed by atoms with Crippen molar-refractivity contribution in [2.45, 2.75) is 96.4 Å². The number of benzene rings is 4. The number of carboxylic acids is 2. The standard InChI is InChI=1S/C34H41N7O3.C31H38N6O.C4H5BrO2.C4H6O3.K.H2O/c1-24-8-4-9-25-10-5-12-30(32(24)25)39-16-14-28-29(22-39)36-34(44-23-26-11-6-15-38(26)3)37-33(28)40-17-18-41(27(21-40)20-35-2)31(43)13-7-19-42;1-22-8-4-10-24-11-5-13-28(29(22)24)36-17-14-26-27(20-36)33-31(38-21-25-12-7-15-35(25)3)34-30(26)37-16-6-9-23(19-37)18-32-2;2*5-3-1-2-4(6)7;;/h4-5,7-10,12-13,26-27,42H,6,11,14-23H2,1,3H3;4-5,8,10-11,13,23,25H,6-7,9,12,14-21H2,1,3H3;1-2H,3H2,(H,6,7);1-2,5H,3H2,(H,6,7);;1H2/q;;;;+1;/p-1/b13-7+;;2*2-1+;;/t26-,27-;23-,25-;;;;/m00..../s1. The van der Waals surface area contributed by atoms with E-state index in [1.165, 1.54) is 80.7 Å². The molecule has 6 aromatic rings. The van der Waals surface area contributed by atoms with Gasteiger partial charge in [-0.2, -0.15) is 19.9 Å². The summed E-state index contributed by atoms with van der Waals surface area (Å²) in [5, 5.41) is 38.6. The third-order valence-electron chi connectivity index (χ3n) is 18.7. The number of halogens is 1. The van der Waals surface area contributed by atoms with Crippen LogP contribution in [0.4, 0.5) is 23.0 Å². The Kier molecular flexibility index (Phi) is 31.2. The van der Waals surface area contributed by atoms with Crippen LogP contribution in [0.2, 0.25) is 0 Å². The molecule has 4 aromatic carbocycles. The monoisotopic (exact) mass is 1430 g/mol. The molecular formula is C73H91BrKN13O10. The summed E-state index contributed by atoms with van der Waals surface area (Å²) in [6, 6.07) is 27.5. The van der Waals surface area contributed by atoms with E-state index in [9.17, 15) is 14.4 Å². The second-order valence-corrected chi connectivity index (χ2v) is 25.7. The molecule has 6 aliphatic heterocycles. The maximum Gasteiger partial charge on any atom is 1.00 e. The zero-order chi connectivity index (χ0) is 68.1. The SMILES string of the molecule is O=C(O)/C=C/CBr.O=C(O)/C=C/CO.[C-]#[N+]C[C@@H]1CCCN(c2nc(OC[C@@H]3CCCN3C)nc3c2CCN(c2cccc4cccc(C)c24)C3)C1.[C-]#[N+]C[C@H]1CN(c2nc(OC[C@@H]3CCCN3C)nc3c2CCN(c2cccc4cccc(C)c24)C3)CCN1C(=O)/C=C/CO.[K+].[OH-]. The number of alkyl halides is 1. The number of ether oxygens (including phenoxy) is 2. The van der Waals surface area contributed by atoms with Gasteiger partial charge in [0.1, 0.15) is 30.9 Å². The Morgan fingerprint density at radius 1 is 0.582 bits per heavy atom. The number of piperazine rings is 1. The number of amides is 1. The Morgan fingerprint density at radius 2 is 1.05 bits per heavy atom. The Balaban J connectivity index is 0.000000228. The summed E-state index contributed by atoms with van der Waals surface area (Å²) in [4.78, 5) is 75.4. The summed E-state index contributed by atoms with van der Waals surface area (Å²) < 4.78 is 12.6. The number of carbonyl (C=O) groups is 3. The molecule has 2 aromatic heterocycles. The van der Waals surface area contributed by atoms with Crippen molar-refractivity contribution >= 4 is 78.3 Å². The maximum absolute atomic E-state index is 12.8. The fourth-order valence-corrected chi connectivity index (χ4v) is 14.0. The quantitative estimate of drug-likeness (QED) is 0.0331. The molecule has 0 unspecified atom stereocenters. The topological polar surface area (TPSA) is 264 Å². The van der Waals surface area contributed by atoms with Crippen molar-refractivity contribution in [3.05, 3.63) is 166 Å². The van der Waals surface area contributed by atoms with Crippen molar-refractivity contribution < 1.29 is 101 Å². The van der Waals surface area contributed by atoms with Crippen LogP contribution in [0.25, 0.3) is 31.2 Å². The van der Waals surface area contributed by atoms with Gasteiger partial charge in [0, 0.05) is 121 Å². The molecule has 12 rings (SSSR count). The summed E-state index contributed by atoms with van der Waals surface area (Å²) in [6.45, 7) is 29.6. The number of aliphatic hydroxyl groups is 2.